The van der Waals surface area contributed by atoms with E-state index in [1.165, 1.54) is 5.56 Å². The minimum absolute atomic E-state index is 0.114. The summed E-state index contributed by atoms with van der Waals surface area (Å²) in [7, 11) is 0. The van der Waals surface area contributed by atoms with Gasteiger partial charge in [-0.2, -0.15) is 0 Å². The van der Waals surface area contributed by atoms with Crippen molar-refractivity contribution in [2.45, 2.75) is 64.5 Å². The molecule has 1 aromatic rings. The predicted molar refractivity (Wildman–Crippen MR) is 111 cm³/mol. The molecule has 2 amide bonds. The smallest absolute Gasteiger partial charge is 0.314 e. The topological polar surface area (TPSA) is 90.5 Å². The summed E-state index contributed by atoms with van der Waals surface area (Å²) in [5.74, 6) is -1.14. The number of carboxylic acid groups (broad SMARTS) is 1. The van der Waals surface area contributed by atoms with E-state index in [1.54, 1.807) is 0 Å². The van der Waals surface area contributed by atoms with Crippen LogP contribution < -0.4 is 16.0 Å². The van der Waals surface area contributed by atoms with Crippen molar-refractivity contribution in [2.75, 3.05) is 13.1 Å². The van der Waals surface area contributed by atoms with Crippen molar-refractivity contribution in [3.8, 4) is 0 Å². The molecule has 2 atom stereocenters. The molecule has 0 aliphatic heterocycles. The van der Waals surface area contributed by atoms with Crippen LogP contribution in [0.1, 0.15) is 64.5 Å². The van der Waals surface area contributed by atoms with Crippen molar-refractivity contribution in [1.29, 1.82) is 0 Å². The van der Waals surface area contributed by atoms with Crippen LogP contribution >= 0.6 is 0 Å². The second kappa shape index (κ2) is 10.5. The number of hydrogen-bond donors (Lipinski definition) is 4. The van der Waals surface area contributed by atoms with Gasteiger partial charge in [-0.15, -0.1) is 0 Å². The van der Waals surface area contributed by atoms with Gasteiger partial charge in [-0.3, -0.25) is 4.79 Å². The zero-order valence-electron chi connectivity index (χ0n) is 17.3. The Labute approximate surface area is 168 Å². The van der Waals surface area contributed by atoms with E-state index in [9.17, 15) is 14.7 Å². The molecule has 0 aromatic heterocycles. The van der Waals surface area contributed by atoms with E-state index in [4.69, 9.17) is 0 Å². The molecule has 0 radical (unpaired) electrons. The average molecular weight is 390 g/mol. The number of rotatable bonds is 10. The number of carbonyl (C=O) groups is 2. The number of carbonyl (C=O) groups excluding carboxylic acids is 1. The lowest BCUT2D eigenvalue weighted by Crippen LogP contribution is -2.54. The number of benzene rings is 1. The third-order valence-electron chi connectivity index (χ3n) is 5.58. The highest BCUT2D eigenvalue weighted by Gasteiger charge is 2.35. The maximum atomic E-state index is 12.3. The Kier molecular flexibility index (Phi) is 8.30. The highest BCUT2D eigenvalue weighted by Crippen LogP contribution is 2.31. The van der Waals surface area contributed by atoms with Crippen LogP contribution in [0.25, 0.3) is 0 Å². The minimum atomic E-state index is -0.861. The van der Waals surface area contributed by atoms with Gasteiger partial charge < -0.3 is 21.1 Å². The molecule has 2 unspecified atom stereocenters. The van der Waals surface area contributed by atoms with Crippen molar-refractivity contribution in [3.63, 3.8) is 0 Å². The summed E-state index contributed by atoms with van der Waals surface area (Å²) in [6, 6.07) is 10.2. The summed E-state index contributed by atoms with van der Waals surface area (Å²) >= 11 is 0. The third kappa shape index (κ3) is 6.82. The first kappa shape index (κ1) is 22.2. The Balaban J connectivity index is 1.86. The maximum absolute atomic E-state index is 12.3. The molecule has 0 bridgehead atoms. The van der Waals surface area contributed by atoms with Crippen LogP contribution in [-0.2, 0) is 4.79 Å². The maximum Gasteiger partial charge on any atom is 0.314 e. The van der Waals surface area contributed by atoms with Crippen LogP contribution in [0.5, 0.6) is 0 Å². The first-order valence-electron chi connectivity index (χ1n) is 10.4. The van der Waals surface area contributed by atoms with Gasteiger partial charge in [0.1, 0.15) is 0 Å². The second-order valence-electron chi connectivity index (χ2n) is 8.49. The van der Waals surface area contributed by atoms with E-state index >= 15 is 0 Å². The molecule has 1 fully saturated rings. The Morgan fingerprint density at radius 1 is 1.07 bits per heavy atom. The van der Waals surface area contributed by atoms with Crippen LogP contribution in [0.15, 0.2) is 30.3 Å². The van der Waals surface area contributed by atoms with Gasteiger partial charge in [0.2, 0.25) is 0 Å². The molecular formula is C22H35N3O3. The summed E-state index contributed by atoms with van der Waals surface area (Å²) in [6.45, 7) is 6.82. The minimum Gasteiger partial charge on any atom is -0.481 e. The lowest BCUT2D eigenvalue weighted by Gasteiger charge is -2.34. The Hall–Kier alpha value is -2.08. The molecule has 1 saturated carbocycles. The highest BCUT2D eigenvalue weighted by atomic mass is 16.4. The normalized spacial score (nSPS) is 17.9. The molecule has 28 heavy (non-hydrogen) atoms. The molecule has 2 rings (SSSR count). The molecular weight excluding hydrogens is 354 g/mol. The van der Waals surface area contributed by atoms with E-state index in [0.29, 0.717) is 13.0 Å². The van der Waals surface area contributed by atoms with E-state index < -0.39 is 11.9 Å². The largest absolute Gasteiger partial charge is 0.481 e. The fraction of sp³-hybridized carbons (Fsp3) is 0.636. The summed E-state index contributed by atoms with van der Waals surface area (Å²) in [4.78, 5) is 23.6. The predicted octanol–water partition coefficient (Wildman–Crippen LogP) is 3.70. The van der Waals surface area contributed by atoms with Crippen LogP contribution in [0.3, 0.4) is 0 Å². The molecule has 6 heteroatoms. The fourth-order valence-corrected chi connectivity index (χ4v) is 4.08. The second-order valence-corrected chi connectivity index (χ2v) is 8.49. The lowest BCUT2D eigenvalue weighted by molar-refractivity contribution is -0.142. The Morgan fingerprint density at radius 2 is 1.71 bits per heavy atom. The van der Waals surface area contributed by atoms with Crippen molar-refractivity contribution < 1.29 is 14.7 Å². The van der Waals surface area contributed by atoms with Gasteiger partial charge in [-0.25, -0.2) is 4.79 Å². The number of nitrogens with one attached hydrogen (secondary N) is 3. The van der Waals surface area contributed by atoms with Crippen LogP contribution in [-0.4, -0.2) is 35.7 Å². The van der Waals surface area contributed by atoms with Gasteiger partial charge in [0.15, 0.2) is 0 Å². The third-order valence-corrected chi connectivity index (χ3v) is 5.58. The zero-order valence-corrected chi connectivity index (χ0v) is 17.3. The molecule has 0 saturated heterocycles. The molecule has 4 N–H and O–H groups in total. The standard InChI is InChI=1S/C22H35N3O3/c1-16(2)13-19(20(26)27)14-23-21(28)24-15-22(11-7-8-12-22)25-17(3)18-9-5-4-6-10-18/h4-6,9-10,16-17,19,25H,7-8,11-15H2,1-3H3,(H,26,27)(H2,23,24,28). The van der Waals surface area contributed by atoms with Crippen molar-refractivity contribution >= 4 is 12.0 Å². The summed E-state index contributed by atoms with van der Waals surface area (Å²) in [5.41, 5.74) is 1.12. The number of urea groups is 1. The summed E-state index contributed by atoms with van der Waals surface area (Å²) in [5, 5.41) is 18.7. The number of carboxylic acids is 1. The van der Waals surface area contributed by atoms with Gasteiger partial charge in [-0.05, 0) is 37.7 Å². The quantitative estimate of drug-likeness (QED) is 0.491. The van der Waals surface area contributed by atoms with Crippen LogP contribution in [0, 0.1) is 11.8 Å². The van der Waals surface area contributed by atoms with Crippen molar-refractivity contribution in [3.05, 3.63) is 35.9 Å². The summed E-state index contributed by atoms with van der Waals surface area (Å²) in [6.07, 6.45) is 4.89. The number of amides is 2. The molecule has 1 aliphatic carbocycles. The van der Waals surface area contributed by atoms with Gasteiger partial charge in [0.05, 0.1) is 5.92 Å². The molecule has 1 aromatic carbocycles. The van der Waals surface area contributed by atoms with E-state index in [1.807, 2.05) is 32.0 Å². The Morgan fingerprint density at radius 3 is 2.29 bits per heavy atom. The Bertz CT molecular complexity index is 627. The first-order chi connectivity index (χ1) is 13.3. The van der Waals surface area contributed by atoms with Crippen molar-refractivity contribution in [2.24, 2.45) is 11.8 Å². The van der Waals surface area contributed by atoms with Gasteiger partial charge >= 0.3 is 12.0 Å². The summed E-state index contributed by atoms with van der Waals surface area (Å²) < 4.78 is 0. The van der Waals surface area contributed by atoms with E-state index in [2.05, 4.69) is 35.0 Å². The van der Waals surface area contributed by atoms with Gasteiger partial charge in [0, 0.05) is 24.7 Å². The molecule has 0 spiro atoms. The van der Waals surface area contributed by atoms with Gasteiger partial charge in [-0.1, -0.05) is 57.0 Å². The highest BCUT2D eigenvalue weighted by molar-refractivity contribution is 5.75. The fourth-order valence-electron chi connectivity index (χ4n) is 4.08. The molecule has 6 nitrogen and oxygen atoms in total. The molecule has 156 valence electrons. The van der Waals surface area contributed by atoms with Crippen LogP contribution in [0.4, 0.5) is 4.79 Å². The van der Waals surface area contributed by atoms with Crippen LogP contribution in [0.2, 0.25) is 0 Å². The first-order valence-corrected chi connectivity index (χ1v) is 10.4. The van der Waals surface area contributed by atoms with Crippen molar-refractivity contribution in [1.82, 2.24) is 16.0 Å². The monoisotopic (exact) mass is 389 g/mol. The van der Waals surface area contributed by atoms with E-state index in [-0.39, 0.29) is 30.1 Å². The SMILES string of the molecule is CC(C)CC(CNC(=O)NCC1(NC(C)c2ccccc2)CCCC1)C(=O)O. The molecule has 1 aliphatic rings. The van der Waals surface area contributed by atoms with E-state index in [0.717, 1.165) is 25.7 Å². The number of aliphatic carboxylic acids is 1. The lowest BCUT2D eigenvalue weighted by atomic mass is 9.94. The zero-order chi connectivity index (χ0) is 20.6. The average Bonchev–Trinajstić information content (AvgIpc) is 3.12. The van der Waals surface area contributed by atoms with Gasteiger partial charge in [0.25, 0.3) is 0 Å². The molecule has 0 heterocycles. The number of hydrogen-bond acceptors (Lipinski definition) is 3.